The van der Waals surface area contributed by atoms with Gasteiger partial charge in [0.15, 0.2) is 5.17 Å². The molecule has 17 heavy (non-hydrogen) atoms. The highest BCUT2D eigenvalue weighted by molar-refractivity contribution is 8.15. The molecular weight excluding hydrogens is 236 g/mol. The fourth-order valence-electron chi connectivity index (χ4n) is 1.51. The Morgan fingerprint density at radius 1 is 1.47 bits per heavy atom. The minimum Gasteiger partial charge on any atom is -0.506 e. The highest BCUT2D eigenvalue weighted by atomic mass is 32.2. The molecule has 92 valence electrons. The molecule has 2 rings (SSSR count). The lowest BCUT2D eigenvalue weighted by molar-refractivity contribution is 0.408. The number of rotatable bonds is 2. The van der Waals surface area contributed by atoms with E-state index in [2.05, 4.69) is 24.2 Å². The maximum atomic E-state index is 9.81. The van der Waals surface area contributed by atoms with Crippen LogP contribution in [0.15, 0.2) is 23.2 Å². The van der Waals surface area contributed by atoms with Crippen molar-refractivity contribution in [3.05, 3.63) is 18.2 Å². The van der Waals surface area contributed by atoms with Crippen molar-refractivity contribution in [3.63, 3.8) is 0 Å². The second-order valence-electron chi connectivity index (χ2n) is 4.49. The monoisotopic (exact) mass is 252 g/mol. The van der Waals surface area contributed by atoms with Crippen LogP contribution in [0.5, 0.6) is 11.5 Å². The van der Waals surface area contributed by atoms with Crippen molar-refractivity contribution in [2.24, 2.45) is 4.99 Å². The molecule has 0 fully saturated rings. The number of ether oxygens (including phenoxy) is 1. The van der Waals surface area contributed by atoms with Crippen LogP contribution in [-0.4, -0.2) is 28.7 Å². The summed E-state index contributed by atoms with van der Waals surface area (Å²) in [5.41, 5.74) is 0.648. The summed E-state index contributed by atoms with van der Waals surface area (Å²) in [4.78, 5) is 4.39. The van der Waals surface area contributed by atoms with Gasteiger partial charge in [-0.05, 0) is 26.0 Å². The van der Waals surface area contributed by atoms with E-state index in [1.165, 1.54) is 0 Å². The second kappa shape index (κ2) is 4.49. The van der Waals surface area contributed by atoms with Crippen LogP contribution in [0.2, 0.25) is 0 Å². The van der Waals surface area contributed by atoms with Gasteiger partial charge in [0.25, 0.3) is 0 Å². The van der Waals surface area contributed by atoms with Crippen molar-refractivity contribution in [2.75, 3.05) is 19.0 Å². The summed E-state index contributed by atoms with van der Waals surface area (Å²) in [6, 6.07) is 5.16. The largest absolute Gasteiger partial charge is 0.506 e. The average molecular weight is 252 g/mol. The van der Waals surface area contributed by atoms with E-state index in [0.29, 0.717) is 11.4 Å². The molecule has 0 aromatic heterocycles. The third-order valence-corrected chi connectivity index (χ3v) is 3.53. The molecule has 0 aliphatic carbocycles. The van der Waals surface area contributed by atoms with E-state index in [4.69, 9.17) is 4.74 Å². The van der Waals surface area contributed by atoms with Gasteiger partial charge in [0, 0.05) is 10.8 Å². The highest BCUT2D eigenvalue weighted by Gasteiger charge is 2.27. The molecule has 0 radical (unpaired) electrons. The smallest absolute Gasteiger partial charge is 0.161 e. The van der Waals surface area contributed by atoms with Crippen molar-refractivity contribution >= 4 is 22.6 Å². The lowest BCUT2D eigenvalue weighted by atomic mass is 10.2. The highest BCUT2D eigenvalue weighted by Crippen LogP contribution is 2.34. The number of hydrogen-bond donors (Lipinski definition) is 2. The van der Waals surface area contributed by atoms with Gasteiger partial charge in [-0.2, -0.15) is 0 Å². The van der Waals surface area contributed by atoms with Crippen molar-refractivity contribution < 1.29 is 9.84 Å². The van der Waals surface area contributed by atoms with Crippen LogP contribution >= 0.6 is 11.8 Å². The second-order valence-corrected chi connectivity index (χ2v) is 6.19. The molecule has 5 heteroatoms. The van der Waals surface area contributed by atoms with E-state index in [-0.39, 0.29) is 10.5 Å². The number of nitrogens with one attached hydrogen (secondary N) is 1. The molecular formula is C12H16N2O2S. The standard InChI is InChI=1S/C12H16N2O2S/c1-12(2)7-13-11(17-12)14-9-5-4-8(16-3)6-10(9)15/h4-6,15H,7H2,1-3H3,(H,13,14). The lowest BCUT2D eigenvalue weighted by Crippen LogP contribution is -2.16. The minimum atomic E-state index is 0.129. The van der Waals surface area contributed by atoms with Gasteiger partial charge in [-0.1, -0.05) is 11.8 Å². The number of nitrogens with zero attached hydrogens (tertiary/aromatic N) is 1. The molecule has 0 spiro atoms. The molecule has 1 aromatic rings. The van der Waals surface area contributed by atoms with Gasteiger partial charge in [0.1, 0.15) is 11.5 Å². The van der Waals surface area contributed by atoms with Crippen LogP contribution < -0.4 is 10.1 Å². The van der Waals surface area contributed by atoms with E-state index in [9.17, 15) is 5.11 Å². The first-order valence-electron chi connectivity index (χ1n) is 5.38. The van der Waals surface area contributed by atoms with Gasteiger partial charge in [-0.25, -0.2) is 0 Å². The Morgan fingerprint density at radius 2 is 2.24 bits per heavy atom. The van der Waals surface area contributed by atoms with Crippen molar-refractivity contribution in [3.8, 4) is 11.5 Å². The predicted octanol–water partition coefficient (Wildman–Crippen LogP) is 2.69. The summed E-state index contributed by atoms with van der Waals surface area (Å²) in [6.45, 7) is 5.07. The van der Waals surface area contributed by atoms with Crippen molar-refractivity contribution in [2.45, 2.75) is 18.6 Å². The Hall–Kier alpha value is -1.36. The molecule has 1 aromatic carbocycles. The number of hydrogen-bond acceptors (Lipinski definition) is 5. The van der Waals surface area contributed by atoms with Gasteiger partial charge in [0.2, 0.25) is 0 Å². The Morgan fingerprint density at radius 3 is 2.76 bits per heavy atom. The minimum absolute atomic E-state index is 0.129. The third-order valence-electron chi connectivity index (χ3n) is 2.42. The number of phenolic OH excluding ortho intramolecular Hbond substituents is 1. The Kier molecular flexibility index (Phi) is 3.19. The quantitative estimate of drug-likeness (QED) is 0.795. The maximum Gasteiger partial charge on any atom is 0.161 e. The Bertz CT molecular complexity index is 458. The number of anilines is 1. The van der Waals surface area contributed by atoms with E-state index in [0.717, 1.165) is 11.7 Å². The fourth-order valence-corrected chi connectivity index (χ4v) is 2.46. The summed E-state index contributed by atoms with van der Waals surface area (Å²) >= 11 is 1.68. The topological polar surface area (TPSA) is 53.8 Å². The molecule has 0 atom stereocenters. The van der Waals surface area contributed by atoms with E-state index in [1.807, 2.05) is 0 Å². The van der Waals surface area contributed by atoms with Crippen LogP contribution in [0, 0.1) is 0 Å². The van der Waals surface area contributed by atoms with Crippen LogP contribution in [0.1, 0.15) is 13.8 Å². The van der Waals surface area contributed by atoms with E-state index < -0.39 is 0 Å². The molecule has 1 heterocycles. The predicted molar refractivity (Wildman–Crippen MR) is 72.3 cm³/mol. The normalized spacial score (nSPS) is 17.7. The number of methoxy groups -OCH3 is 1. The first-order valence-corrected chi connectivity index (χ1v) is 6.19. The molecule has 1 aliphatic rings. The van der Waals surface area contributed by atoms with Crippen molar-refractivity contribution in [1.29, 1.82) is 0 Å². The van der Waals surface area contributed by atoms with Gasteiger partial charge in [-0.3, -0.25) is 4.99 Å². The summed E-state index contributed by atoms with van der Waals surface area (Å²) in [5, 5.41) is 13.8. The molecule has 0 unspecified atom stereocenters. The zero-order valence-electron chi connectivity index (χ0n) is 10.2. The first kappa shape index (κ1) is 12.1. The van der Waals surface area contributed by atoms with Crippen LogP contribution in [0.3, 0.4) is 0 Å². The summed E-state index contributed by atoms with van der Waals surface area (Å²) < 4.78 is 5.16. The van der Waals surface area contributed by atoms with Gasteiger partial charge >= 0.3 is 0 Å². The van der Waals surface area contributed by atoms with Gasteiger partial charge in [-0.15, -0.1) is 0 Å². The molecule has 0 saturated carbocycles. The van der Waals surface area contributed by atoms with E-state index >= 15 is 0 Å². The number of phenols is 1. The summed E-state index contributed by atoms with van der Waals surface area (Å²) in [5.74, 6) is 0.798. The SMILES string of the molecule is COc1ccc(NC2=NCC(C)(C)S2)c(O)c1. The molecule has 1 aliphatic heterocycles. The van der Waals surface area contributed by atoms with Gasteiger partial charge in [0.05, 0.1) is 19.3 Å². The van der Waals surface area contributed by atoms with Gasteiger partial charge < -0.3 is 15.2 Å². The Labute approximate surface area is 105 Å². The van der Waals surface area contributed by atoms with Crippen LogP contribution in [0.25, 0.3) is 0 Å². The number of aliphatic imine (C=N–C) groups is 1. The molecule has 0 amide bonds. The number of thioether (sulfide) groups is 1. The molecule has 4 nitrogen and oxygen atoms in total. The molecule has 2 N–H and O–H groups in total. The first-order chi connectivity index (χ1) is 8.00. The molecule has 0 saturated heterocycles. The number of benzene rings is 1. The van der Waals surface area contributed by atoms with Crippen LogP contribution in [-0.2, 0) is 0 Å². The maximum absolute atomic E-state index is 9.81. The van der Waals surface area contributed by atoms with E-state index in [1.54, 1.807) is 37.1 Å². The van der Waals surface area contributed by atoms with Crippen LogP contribution in [0.4, 0.5) is 5.69 Å². The number of aromatic hydroxyl groups is 1. The molecule has 0 bridgehead atoms. The third kappa shape index (κ3) is 2.85. The summed E-state index contributed by atoms with van der Waals surface area (Å²) in [6.07, 6.45) is 0. The lowest BCUT2D eigenvalue weighted by Gasteiger charge is -2.14. The average Bonchev–Trinajstić information content (AvgIpc) is 2.61. The summed E-state index contributed by atoms with van der Waals surface area (Å²) in [7, 11) is 1.57. The van der Waals surface area contributed by atoms with Crippen molar-refractivity contribution in [1.82, 2.24) is 0 Å². The Balaban J connectivity index is 2.10. The fraction of sp³-hybridized carbons (Fsp3) is 0.417. The number of amidine groups is 1. The zero-order chi connectivity index (χ0) is 12.5. The zero-order valence-corrected chi connectivity index (χ0v) is 11.0.